The van der Waals surface area contributed by atoms with Gasteiger partial charge in [-0.25, -0.2) is 4.79 Å². The maximum absolute atomic E-state index is 10.8. The number of aliphatic carboxylic acids is 1. The van der Waals surface area contributed by atoms with Gasteiger partial charge in [-0.3, -0.25) is 4.90 Å². The summed E-state index contributed by atoms with van der Waals surface area (Å²) in [4.78, 5) is 12.9. The number of carbonyl (C=O) groups is 1. The van der Waals surface area contributed by atoms with E-state index in [2.05, 4.69) is 0 Å². The molecule has 0 amide bonds. The fourth-order valence-corrected chi connectivity index (χ4v) is 1.86. The van der Waals surface area contributed by atoms with Gasteiger partial charge in [0.2, 0.25) is 0 Å². The summed E-state index contributed by atoms with van der Waals surface area (Å²) < 4.78 is 10.7. The molecule has 1 aliphatic heterocycles. The maximum atomic E-state index is 10.8. The molecular weight excluding hydrogens is 234 g/mol. The van der Waals surface area contributed by atoms with Gasteiger partial charge in [0.05, 0.1) is 6.61 Å². The Labute approximate surface area is 106 Å². The van der Waals surface area contributed by atoms with Crippen molar-refractivity contribution in [2.75, 3.05) is 32.8 Å². The van der Waals surface area contributed by atoms with Gasteiger partial charge in [-0.1, -0.05) is 18.2 Å². The van der Waals surface area contributed by atoms with Crippen LogP contribution in [0.1, 0.15) is 0 Å². The molecule has 1 fully saturated rings. The van der Waals surface area contributed by atoms with Crippen LogP contribution < -0.4 is 4.74 Å². The second kappa shape index (κ2) is 6.37. The number of benzene rings is 1. The summed E-state index contributed by atoms with van der Waals surface area (Å²) in [5.41, 5.74) is 0. The highest BCUT2D eigenvalue weighted by molar-refractivity contribution is 5.72. The van der Waals surface area contributed by atoms with Crippen molar-refractivity contribution in [1.82, 2.24) is 4.90 Å². The van der Waals surface area contributed by atoms with E-state index in [1.54, 1.807) is 0 Å². The van der Waals surface area contributed by atoms with Gasteiger partial charge in [-0.2, -0.15) is 0 Å². The minimum atomic E-state index is -0.899. The number of morpholine rings is 1. The average molecular weight is 251 g/mol. The van der Waals surface area contributed by atoms with Crippen LogP contribution in [0.3, 0.4) is 0 Å². The topological polar surface area (TPSA) is 59.0 Å². The van der Waals surface area contributed by atoms with Crippen molar-refractivity contribution in [1.29, 1.82) is 0 Å². The lowest BCUT2D eigenvalue weighted by Crippen LogP contribution is -2.47. The van der Waals surface area contributed by atoms with Crippen LogP contribution in [0.4, 0.5) is 0 Å². The molecule has 2 rings (SSSR count). The number of nitrogens with zero attached hydrogens (tertiary/aromatic N) is 1. The largest absolute Gasteiger partial charge is 0.492 e. The van der Waals surface area contributed by atoms with E-state index in [0.29, 0.717) is 26.3 Å². The molecule has 0 aromatic heterocycles. The molecule has 0 saturated carbocycles. The Hall–Kier alpha value is -1.59. The van der Waals surface area contributed by atoms with Gasteiger partial charge in [0.1, 0.15) is 12.4 Å². The Bertz CT molecular complexity index is 382. The molecule has 0 unspecified atom stereocenters. The van der Waals surface area contributed by atoms with Gasteiger partial charge in [0.15, 0.2) is 6.10 Å². The van der Waals surface area contributed by atoms with Crippen LogP contribution in [0.5, 0.6) is 5.75 Å². The molecule has 5 heteroatoms. The van der Waals surface area contributed by atoms with Crippen molar-refractivity contribution in [3.05, 3.63) is 30.3 Å². The van der Waals surface area contributed by atoms with Crippen molar-refractivity contribution >= 4 is 5.97 Å². The summed E-state index contributed by atoms with van der Waals surface area (Å²) in [6, 6.07) is 9.58. The predicted molar refractivity (Wildman–Crippen MR) is 65.8 cm³/mol. The minimum absolute atomic E-state index is 0.424. The summed E-state index contributed by atoms with van der Waals surface area (Å²) in [5.74, 6) is -0.0655. The van der Waals surface area contributed by atoms with Crippen molar-refractivity contribution in [3.8, 4) is 5.75 Å². The first-order chi connectivity index (χ1) is 8.75. The number of hydrogen-bond acceptors (Lipinski definition) is 4. The summed E-state index contributed by atoms with van der Waals surface area (Å²) in [6.07, 6.45) is -0.713. The SMILES string of the molecule is O=C(O)[C@@H]1CN(CCOc2ccccc2)CCO1. The molecule has 1 aromatic rings. The van der Waals surface area contributed by atoms with Gasteiger partial charge < -0.3 is 14.6 Å². The van der Waals surface area contributed by atoms with E-state index in [4.69, 9.17) is 14.6 Å². The zero-order valence-corrected chi connectivity index (χ0v) is 10.1. The molecule has 1 heterocycles. The van der Waals surface area contributed by atoms with E-state index in [0.717, 1.165) is 12.3 Å². The first-order valence-corrected chi connectivity index (χ1v) is 6.00. The first kappa shape index (κ1) is 12.9. The Balaban J connectivity index is 1.72. The average Bonchev–Trinajstić information content (AvgIpc) is 2.40. The Morgan fingerprint density at radius 1 is 1.44 bits per heavy atom. The number of carboxylic acids is 1. The molecule has 98 valence electrons. The summed E-state index contributed by atoms with van der Waals surface area (Å²) in [5, 5.41) is 8.88. The first-order valence-electron chi connectivity index (χ1n) is 6.00. The lowest BCUT2D eigenvalue weighted by atomic mass is 10.3. The van der Waals surface area contributed by atoms with Crippen LogP contribution in [-0.2, 0) is 9.53 Å². The molecule has 1 N–H and O–H groups in total. The van der Waals surface area contributed by atoms with Gasteiger partial charge in [0, 0.05) is 19.6 Å². The summed E-state index contributed by atoms with van der Waals surface area (Å²) in [6.45, 7) is 2.90. The third kappa shape index (κ3) is 3.72. The van der Waals surface area contributed by atoms with Crippen LogP contribution in [0.2, 0.25) is 0 Å². The van der Waals surface area contributed by atoms with Crippen molar-refractivity contribution in [3.63, 3.8) is 0 Å². The van der Waals surface area contributed by atoms with Gasteiger partial charge >= 0.3 is 5.97 Å². The number of hydrogen-bond donors (Lipinski definition) is 1. The molecule has 1 aliphatic rings. The highest BCUT2D eigenvalue weighted by Crippen LogP contribution is 2.09. The van der Waals surface area contributed by atoms with Crippen molar-refractivity contribution in [2.24, 2.45) is 0 Å². The number of para-hydroxylation sites is 1. The molecule has 18 heavy (non-hydrogen) atoms. The van der Waals surface area contributed by atoms with Crippen LogP contribution >= 0.6 is 0 Å². The molecule has 1 atom stereocenters. The van der Waals surface area contributed by atoms with E-state index < -0.39 is 12.1 Å². The zero-order chi connectivity index (χ0) is 12.8. The summed E-state index contributed by atoms with van der Waals surface area (Å²) >= 11 is 0. The minimum Gasteiger partial charge on any atom is -0.492 e. The van der Waals surface area contributed by atoms with Crippen molar-refractivity contribution < 1.29 is 19.4 Å². The molecule has 0 spiro atoms. The normalized spacial score (nSPS) is 20.6. The second-order valence-corrected chi connectivity index (χ2v) is 4.16. The molecule has 1 aromatic carbocycles. The van der Waals surface area contributed by atoms with Crippen LogP contribution in [0.15, 0.2) is 30.3 Å². The lowest BCUT2D eigenvalue weighted by Gasteiger charge is -2.30. The van der Waals surface area contributed by atoms with E-state index in [-0.39, 0.29) is 0 Å². The third-order valence-electron chi connectivity index (χ3n) is 2.85. The van der Waals surface area contributed by atoms with Gasteiger partial charge in [0.25, 0.3) is 0 Å². The second-order valence-electron chi connectivity index (χ2n) is 4.16. The van der Waals surface area contributed by atoms with E-state index in [1.165, 1.54) is 0 Å². The molecule has 0 aliphatic carbocycles. The fourth-order valence-electron chi connectivity index (χ4n) is 1.86. The molecular formula is C13H17NO4. The smallest absolute Gasteiger partial charge is 0.334 e. The molecule has 0 radical (unpaired) electrons. The summed E-state index contributed by atoms with van der Waals surface area (Å²) in [7, 11) is 0. The van der Waals surface area contributed by atoms with Crippen LogP contribution in [0, 0.1) is 0 Å². The van der Waals surface area contributed by atoms with Gasteiger partial charge in [-0.15, -0.1) is 0 Å². The lowest BCUT2D eigenvalue weighted by molar-refractivity contribution is -0.156. The molecule has 1 saturated heterocycles. The van der Waals surface area contributed by atoms with Crippen LogP contribution in [0.25, 0.3) is 0 Å². The Morgan fingerprint density at radius 3 is 2.94 bits per heavy atom. The number of carboxylic acid groups (broad SMARTS) is 1. The zero-order valence-electron chi connectivity index (χ0n) is 10.1. The predicted octanol–water partition coefficient (Wildman–Crippen LogP) is 0.851. The number of ether oxygens (including phenoxy) is 2. The number of rotatable bonds is 5. The monoisotopic (exact) mass is 251 g/mol. The van der Waals surface area contributed by atoms with Crippen LogP contribution in [-0.4, -0.2) is 54.9 Å². The quantitative estimate of drug-likeness (QED) is 0.840. The van der Waals surface area contributed by atoms with E-state index in [9.17, 15) is 4.79 Å². The van der Waals surface area contributed by atoms with E-state index in [1.807, 2.05) is 35.2 Å². The van der Waals surface area contributed by atoms with Crippen molar-refractivity contribution in [2.45, 2.75) is 6.10 Å². The third-order valence-corrected chi connectivity index (χ3v) is 2.85. The Kier molecular flexibility index (Phi) is 4.55. The Morgan fingerprint density at radius 2 is 2.22 bits per heavy atom. The fraction of sp³-hybridized carbons (Fsp3) is 0.462. The molecule has 0 bridgehead atoms. The van der Waals surface area contributed by atoms with Gasteiger partial charge in [-0.05, 0) is 12.1 Å². The molecule has 5 nitrogen and oxygen atoms in total. The highest BCUT2D eigenvalue weighted by Gasteiger charge is 2.25. The van der Waals surface area contributed by atoms with E-state index >= 15 is 0 Å². The maximum Gasteiger partial charge on any atom is 0.334 e. The standard InChI is InChI=1S/C13H17NO4/c15-13(16)12-10-14(7-9-18-12)6-8-17-11-4-2-1-3-5-11/h1-5,12H,6-10H2,(H,15,16)/t12-/m0/s1. The highest BCUT2D eigenvalue weighted by atomic mass is 16.5.